The smallest absolute Gasteiger partial charge is 0.339 e. The summed E-state index contributed by atoms with van der Waals surface area (Å²) >= 11 is 0. The molecule has 3 aromatic rings. The Morgan fingerprint density at radius 2 is 1.65 bits per heavy atom. The first-order chi connectivity index (χ1) is 12.6. The fourth-order valence-electron chi connectivity index (χ4n) is 2.50. The lowest BCUT2D eigenvalue weighted by molar-refractivity contribution is 0.0693. The molecule has 3 rings (SSSR count). The van der Waals surface area contributed by atoms with E-state index in [0.717, 1.165) is 16.9 Å². The number of aromatic carboxylic acids is 1. The van der Waals surface area contributed by atoms with E-state index in [9.17, 15) is 9.90 Å². The lowest BCUT2D eigenvalue weighted by Gasteiger charge is -2.09. The Labute approximate surface area is 151 Å². The molecular formula is C22H18O4. The molecule has 2 N–H and O–H groups in total. The number of ether oxygens (including phenoxy) is 1. The summed E-state index contributed by atoms with van der Waals surface area (Å²) in [6.45, 7) is 0.472. The zero-order chi connectivity index (χ0) is 18.4. The minimum Gasteiger partial charge on any atom is -0.507 e. The van der Waals surface area contributed by atoms with Gasteiger partial charge in [-0.2, -0.15) is 0 Å². The van der Waals surface area contributed by atoms with Crippen molar-refractivity contribution in [1.29, 1.82) is 0 Å². The third-order valence-corrected chi connectivity index (χ3v) is 3.86. The minimum atomic E-state index is -1.15. The van der Waals surface area contributed by atoms with Crippen molar-refractivity contribution in [2.24, 2.45) is 0 Å². The largest absolute Gasteiger partial charge is 0.507 e. The normalized spacial score (nSPS) is 10.8. The van der Waals surface area contributed by atoms with E-state index in [1.165, 1.54) is 12.1 Å². The second-order valence-corrected chi connectivity index (χ2v) is 5.73. The molecular weight excluding hydrogens is 328 g/mol. The molecule has 4 heteroatoms. The molecule has 0 saturated carbocycles. The van der Waals surface area contributed by atoms with E-state index in [1.54, 1.807) is 12.1 Å². The zero-order valence-electron chi connectivity index (χ0n) is 14.0. The molecule has 0 radical (unpaired) electrons. The van der Waals surface area contributed by atoms with E-state index >= 15 is 0 Å². The van der Waals surface area contributed by atoms with Crippen LogP contribution in [0.2, 0.25) is 0 Å². The SMILES string of the molecule is O=C(O)c1ccc(/C=C/c2ccccc2OCc2ccccc2)cc1O. The predicted octanol–water partition coefficient (Wildman–Crippen LogP) is 4.84. The number of carboxylic acid groups (broad SMARTS) is 1. The van der Waals surface area contributed by atoms with Gasteiger partial charge in [0, 0.05) is 5.56 Å². The van der Waals surface area contributed by atoms with Gasteiger partial charge in [0.2, 0.25) is 0 Å². The molecule has 0 fully saturated rings. The van der Waals surface area contributed by atoms with E-state index in [-0.39, 0.29) is 11.3 Å². The van der Waals surface area contributed by atoms with Crippen molar-refractivity contribution in [2.75, 3.05) is 0 Å². The van der Waals surface area contributed by atoms with Crippen molar-refractivity contribution in [1.82, 2.24) is 0 Å². The van der Waals surface area contributed by atoms with Crippen molar-refractivity contribution in [3.63, 3.8) is 0 Å². The van der Waals surface area contributed by atoms with Gasteiger partial charge in [-0.05, 0) is 29.3 Å². The first-order valence-electron chi connectivity index (χ1n) is 8.13. The van der Waals surface area contributed by atoms with Crippen LogP contribution in [0.1, 0.15) is 27.0 Å². The second kappa shape index (κ2) is 8.03. The number of rotatable bonds is 6. The molecule has 0 bridgehead atoms. The van der Waals surface area contributed by atoms with Crippen molar-refractivity contribution >= 4 is 18.1 Å². The number of para-hydroxylation sites is 1. The summed E-state index contributed by atoms with van der Waals surface area (Å²) in [5.41, 5.74) is 2.56. The summed E-state index contributed by atoms with van der Waals surface area (Å²) in [6.07, 6.45) is 3.67. The van der Waals surface area contributed by atoms with Gasteiger partial charge in [-0.15, -0.1) is 0 Å². The lowest BCUT2D eigenvalue weighted by Crippen LogP contribution is -1.96. The number of hydrogen-bond acceptors (Lipinski definition) is 3. The topological polar surface area (TPSA) is 66.8 Å². The van der Waals surface area contributed by atoms with Crippen LogP contribution < -0.4 is 4.74 Å². The summed E-state index contributed by atoms with van der Waals surface area (Å²) in [6, 6.07) is 22.0. The van der Waals surface area contributed by atoms with Crippen LogP contribution in [0.3, 0.4) is 0 Å². The molecule has 0 saturated heterocycles. The Hall–Kier alpha value is -3.53. The number of aromatic hydroxyl groups is 1. The highest BCUT2D eigenvalue weighted by Gasteiger charge is 2.08. The molecule has 0 atom stereocenters. The van der Waals surface area contributed by atoms with Gasteiger partial charge in [0.1, 0.15) is 23.7 Å². The monoisotopic (exact) mass is 346 g/mol. The zero-order valence-corrected chi connectivity index (χ0v) is 14.0. The Morgan fingerprint density at radius 3 is 2.38 bits per heavy atom. The number of hydrogen-bond donors (Lipinski definition) is 2. The van der Waals surface area contributed by atoms with Crippen LogP contribution in [0.15, 0.2) is 72.8 Å². The molecule has 0 spiro atoms. The molecule has 0 aromatic heterocycles. The Balaban J connectivity index is 1.76. The molecule has 130 valence electrons. The summed E-state index contributed by atoms with van der Waals surface area (Å²) < 4.78 is 5.91. The third-order valence-electron chi connectivity index (χ3n) is 3.86. The molecule has 0 aliphatic carbocycles. The fourth-order valence-corrected chi connectivity index (χ4v) is 2.50. The van der Waals surface area contributed by atoms with Gasteiger partial charge in [0.05, 0.1) is 0 Å². The average Bonchev–Trinajstić information content (AvgIpc) is 2.66. The van der Waals surface area contributed by atoms with Crippen LogP contribution in [0, 0.1) is 0 Å². The second-order valence-electron chi connectivity index (χ2n) is 5.73. The van der Waals surface area contributed by atoms with E-state index < -0.39 is 5.97 Å². The molecule has 3 aromatic carbocycles. The van der Waals surface area contributed by atoms with Crippen LogP contribution >= 0.6 is 0 Å². The predicted molar refractivity (Wildman–Crippen MR) is 101 cm³/mol. The molecule has 4 nitrogen and oxygen atoms in total. The molecule has 0 heterocycles. The van der Waals surface area contributed by atoms with Crippen molar-refractivity contribution < 1.29 is 19.7 Å². The Kier molecular flexibility index (Phi) is 5.34. The van der Waals surface area contributed by atoms with Gasteiger partial charge in [-0.25, -0.2) is 4.79 Å². The van der Waals surface area contributed by atoms with Gasteiger partial charge in [0.25, 0.3) is 0 Å². The van der Waals surface area contributed by atoms with Crippen molar-refractivity contribution in [3.05, 3.63) is 95.1 Å². The van der Waals surface area contributed by atoms with E-state index in [2.05, 4.69) is 0 Å². The quantitative estimate of drug-likeness (QED) is 0.627. The van der Waals surface area contributed by atoms with Crippen LogP contribution in [0.5, 0.6) is 11.5 Å². The fraction of sp³-hybridized carbons (Fsp3) is 0.0455. The highest BCUT2D eigenvalue weighted by molar-refractivity contribution is 5.91. The molecule has 0 amide bonds. The van der Waals surface area contributed by atoms with E-state index in [4.69, 9.17) is 9.84 Å². The van der Waals surface area contributed by atoms with Gasteiger partial charge in [-0.1, -0.05) is 66.7 Å². The molecule has 0 unspecified atom stereocenters. The summed E-state index contributed by atoms with van der Waals surface area (Å²) in [5, 5.41) is 18.7. The van der Waals surface area contributed by atoms with Gasteiger partial charge < -0.3 is 14.9 Å². The Bertz CT molecular complexity index is 930. The first kappa shape index (κ1) is 17.3. The van der Waals surface area contributed by atoms with Crippen LogP contribution in [-0.2, 0) is 6.61 Å². The standard InChI is InChI=1S/C22H18O4/c23-20-14-16(11-13-19(20)22(24)25)10-12-18-8-4-5-9-21(18)26-15-17-6-2-1-3-7-17/h1-14,23H,15H2,(H,24,25)/b12-10+. The third kappa shape index (κ3) is 4.30. The molecule has 0 aliphatic rings. The highest BCUT2D eigenvalue weighted by atomic mass is 16.5. The first-order valence-corrected chi connectivity index (χ1v) is 8.13. The lowest BCUT2D eigenvalue weighted by atomic mass is 10.1. The minimum absolute atomic E-state index is 0.117. The summed E-state index contributed by atoms with van der Waals surface area (Å²) in [5.74, 6) is -0.662. The number of phenols is 1. The average molecular weight is 346 g/mol. The van der Waals surface area contributed by atoms with Gasteiger partial charge in [0.15, 0.2) is 0 Å². The van der Waals surface area contributed by atoms with Crippen LogP contribution in [0.4, 0.5) is 0 Å². The molecule has 26 heavy (non-hydrogen) atoms. The number of carboxylic acids is 1. The highest BCUT2D eigenvalue weighted by Crippen LogP contribution is 2.24. The Morgan fingerprint density at radius 1 is 0.923 bits per heavy atom. The van der Waals surface area contributed by atoms with E-state index in [1.807, 2.05) is 60.7 Å². The van der Waals surface area contributed by atoms with E-state index in [0.29, 0.717) is 12.2 Å². The van der Waals surface area contributed by atoms with Crippen molar-refractivity contribution in [2.45, 2.75) is 6.61 Å². The van der Waals surface area contributed by atoms with Gasteiger partial charge in [-0.3, -0.25) is 0 Å². The van der Waals surface area contributed by atoms with Crippen LogP contribution in [-0.4, -0.2) is 16.2 Å². The maximum Gasteiger partial charge on any atom is 0.339 e. The summed E-state index contributed by atoms with van der Waals surface area (Å²) in [7, 11) is 0. The van der Waals surface area contributed by atoms with Gasteiger partial charge >= 0.3 is 5.97 Å². The molecule has 0 aliphatic heterocycles. The number of carbonyl (C=O) groups is 1. The van der Waals surface area contributed by atoms with Crippen LogP contribution in [0.25, 0.3) is 12.2 Å². The number of benzene rings is 3. The maximum atomic E-state index is 11.0. The summed E-state index contributed by atoms with van der Waals surface area (Å²) in [4.78, 5) is 11.0. The van der Waals surface area contributed by atoms with Crippen molar-refractivity contribution in [3.8, 4) is 11.5 Å². The maximum absolute atomic E-state index is 11.0.